The van der Waals surface area contributed by atoms with Gasteiger partial charge in [-0.05, 0) is 103 Å². The summed E-state index contributed by atoms with van der Waals surface area (Å²) in [6.45, 7) is 20.7. The third-order valence-corrected chi connectivity index (χ3v) is 17.0. The Bertz CT molecular complexity index is 2460. The number of likely N-dealkylation sites (N-methyl/N-ethyl adjacent to an activating group) is 1. The highest BCUT2D eigenvalue weighted by molar-refractivity contribution is 5.91. The number of benzene rings is 4. The Balaban J connectivity index is 1.09. The maximum Gasteiger partial charge on any atom is 0.246 e. The molecule has 12 nitrogen and oxygen atoms in total. The van der Waals surface area contributed by atoms with Crippen molar-refractivity contribution < 1.29 is 28.8 Å². The van der Waals surface area contributed by atoms with E-state index in [4.69, 9.17) is 0 Å². The Hall–Kier alpha value is -6.14. The van der Waals surface area contributed by atoms with Crippen LogP contribution in [0.2, 0.25) is 0 Å². The zero-order valence-corrected chi connectivity index (χ0v) is 50.2. The predicted octanol–water partition coefficient (Wildman–Crippen LogP) is 12.3. The third kappa shape index (κ3) is 17.7. The summed E-state index contributed by atoms with van der Waals surface area (Å²) in [5.74, 6) is -0.714. The molecule has 2 N–H and O–H groups in total. The third-order valence-electron chi connectivity index (χ3n) is 17.0. The molecule has 0 unspecified atom stereocenters. The van der Waals surface area contributed by atoms with E-state index in [1.165, 1.54) is 0 Å². The SMILES string of the molecule is CC[C@@H](C)C(=O)N[C@H](C(=O)N1CCC[C@H]1CN(Cc1ccccc1-c1ccccc1)C(=O)CCCCCCCCC(=O)N(Cc1ccccc1-c1ccccc1)C[C@@H]1CCCN1C(=O)[C@@H](CC(=O)[C@H](C)NC)C(C)(C)C)C(C)(C)C. The minimum Gasteiger partial charge on any atom is -0.344 e. The number of carbonyl (C=O) groups is 6. The van der Waals surface area contributed by atoms with Crippen molar-refractivity contribution in [3.8, 4) is 22.3 Å². The molecule has 2 fully saturated rings. The average molecular weight is 1090 g/mol. The molecule has 0 spiro atoms. The van der Waals surface area contributed by atoms with Crippen LogP contribution < -0.4 is 10.6 Å². The van der Waals surface area contributed by atoms with Gasteiger partial charge < -0.3 is 30.2 Å². The smallest absolute Gasteiger partial charge is 0.246 e. The van der Waals surface area contributed by atoms with Crippen molar-refractivity contribution in [1.29, 1.82) is 0 Å². The summed E-state index contributed by atoms with van der Waals surface area (Å²) in [6.07, 6.45) is 10.0. The first kappa shape index (κ1) is 63.0. The molecule has 2 saturated heterocycles. The fraction of sp³-hybridized carbons (Fsp3) is 0.559. The van der Waals surface area contributed by atoms with Crippen LogP contribution in [-0.4, -0.2) is 112 Å². The molecule has 12 heteroatoms. The van der Waals surface area contributed by atoms with Crippen molar-refractivity contribution in [2.45, 2.75) is 189 Å². The molecule has 4 aromatic rings. The first-order valence-corrected chi connectivity index (χ1v) is 30.1. The molecule has 0 radical (unpaired) electrons. The van der Waals surface area contributed by atoms with Gasteiger partial charge in [-0.2, -0.15) is 0 Å². The number of rotatable bonds is 28. The fourth-order valence-electron chi connectivity index (χ4n) is 11.5. The molecular weight excluding hydrogens is 997 g/mol. The van der Waals surface area contributed by atoms with E-state index in [2.05, 4.69) is 59.2 Å². The number of hydrogen-bond acceptors (Lipinski definition) is 7. The van der Waals surface area contributed by atoms with Crippen molar-refractivity contribution in [2.75, 3.05) is 33.2 Å². The molecule has 4 aromatic carbocycles. The van der Waals surface area contributed by atoms with E-state index in [1.54, 1.807) is 7.05 Å². The summed E-state index contributed by atoms with van der Waals surface area (Å²) in [7, 11) is 1.77. The number of carbonyl (C=O) groups excluding carboxylic acids is 6. The first-order valence-electron chi connectivity index (χ1n) is 30.1. The van der Waals surface area contributed by atoms with E-state index in [0.717, 1.165) is 97.6 Å². The maximum atomic E-state index is 14.5. The molecule has 2 aliphatic heterocycles. The largest absolute Gasteiger partial charge is 0.344 e. The van der Waals surface area contributed by atoms with Crippen LogP contribution in [0.15, 0.2) is 109 Å². The Morgan fingerprint density at radius 1 is 0.575 bits per heavy atom. The van der Waals surface area contributed by atoms with E-state index in [-0.39, 0.29) is 65.8 Å². The lowest BCUT2D eigenvalue weighted by molar-refractivity contribution is -0.144. The van der Waals surface area contributed by atoms with Crippen molar-refractivity contribution in [3.05, 3.63) is 120 Å². The van der Waals surface area contributed by atoms with E-state index in [1.807, 2.05) is 143 Å². The summed E-state index contributed by atoms with van der Waals surface area (Å²) in [5, 5.41) is 6.15. The van der Waals surface area contributed by atoms with Crippen molar-refractivity contribution in [1.82, 2.24) is 30.2 Å². The number of ketones is 1. The Kier molecular flexibility index (Phi) is 23.7. The number of nitrogens with zero attached hydrogens (tertiary/aromatic N) is 4. The monoisotopic (exact) mass is 1090 g/mol. The van der Waals surface area contributed by atoms with Gasteiger partial charge in [-0.1, -0.05) is 190 Å². The molecule has 0 aliphatic carbocycles. The quantitative estimate of drug-likeness (QED) is 0.0540. The molecule has 0 bridgehead atoms. The molecule has 2 aliphatic rings. The number of likely N-dealkylation sites (tertiary alicyclic amines) is 2. The van der Waals surface area contributed by atoms with Crippen LogP contribution in [0.5, 0.6) is 0 Å². The number of unbranched alkanes of at least 4 members (excludes halogenated alkanes) is 5. The Morgan fingerprint density at radius 3 is 1.43 bits per heavy atom. The molecule has 0 saturated carbocycles. The van der Waals surface area contributed by atoms with Gasteiger partial charge in [0.05, 0.1) is 6.04 Å². The topological polar surface area (TPSA) is 139 Å². The Morgan fingerprint density at radius 2 is 1.00 bits per heavy atom. The summed E-state index contributed by atoms with van der Waals surface area (Å²) in [6, 6.07) is 35.7. The highest BCUT2D eigenvalue weighted by Gasteiger charge is 2.43. The van der Waals surface area contributed by atoms with Crippen LogP contribution in [0.1, 0.15) is 163 Å². The molecule has 0 aromatic heterocycles. The lowest BCUT2D eigenvalue weighted by Crippen LogP contribution is -2.57. The Labute approximate surface area is 480 Å². The summed E-state index contributed by atoms with van der Waals surface area (Å²) < 4.78 is 0. The molecular formula is C68H96N6O6. The standard InChI is InChI=1S/C68H96N6O6/c1-11-49(2)64(78)70-63(68(7,8)9)66(80)74-43-29-37-56(74)48-72(46-54-35-25-27-39-58(54)52-32-20-17-21-33-52)62(77)41-23-15-13-12-14-22-40-61(76)71(45-53-34-24-26-38-57(53)51-30-18-16-19-31-51)47-55-36-28-42-73(55)65(79)59(67(4,5)6)44-60(75)50(3)69-10/h16-21,24-27,30-35,38-39,49-50,55-56,59,63,69H,11-15,22-23,28-29,36-37,40-48H2,1-10H3,(H,70,78)/t49-,50+,55+,56+,59-,63-/m1/s1. The fourth-order valence-corrected chi connectivity index (χ4v) is 11.5. The average Bonchev–Trinajstić information content (AvgIpc) is 4.14. The highest BCUT2D eigenvalue weighted by atomic mass is 16.2. The lowest BCUT2D eigenvalue weighted by Gasteiger charge is -2.37. The van der Waals surface area contributed by atoms with Gasteiger partial charge in [0, 0.05) is 82.5 Å². The van der Waals surface area contributed by atoms with Gasteiger partial charge in [-0.15, -0.1) is 0 Å². The molecule has 6 atom stereocenters. The van der Waals surface area contributed by atoms with E-state index in [0.29, 0.717) is 58.5 Å². The van der Waals surface area contributed by atoms with Crippen molar-refractivity contribution in [2.24, 2.45) is 22.7 Å². The van der Waals surface area contributed by atoms with Gasteiger partial charge in [0.25, 0.3) is 0 Å². The zero-order valence-electron chi connectivity index (χ0n) is 50.2. The molecule has 80 heavy (non-hydrogen) atoms. The zero-order chi connectivity index (χ0) is 58.0. The van der Waals surface area contributed by atoms with Crippen LogP contribution in [0.3, 0.4) is 0 Å². The van der Waals surface area contributed by atoms with Gasteiger partial charge >= 0.3 is 0 Å². The van der Waals surface area contributed by atoms with Gasteiger partial charge in [-0.3, -0.25) is 28.8 Å². The van der Waals surface area contributed by atoms with Crippen LogP contribution in [0, 0.1) is 22.7 Å². The second kappa shape index (κ2) is 30.1. The van der Waals surface area contributed by atoms with Gasteiger partial charge in [-0.25, -0.2) is 0 Å². The van der Waals surface area contributed by atoms with Crippen molar-refractivity contribution >= 4 is 35.3 Å². The minimum atomic E-state index is -0.684. The van der Waals surface area contributed by atoms with E-state index >= 15 is 0 Å². The van der Waals surface area contributed by atoms with Crippen LogP contribution >= 0.6 is 0 Å². The van der Waals surface area contributed by atoms with Crippen LogP contribution in [0.25, 0.3) is 22.3 Å². The van der Waals surface area contributed by atoms with E-state index < -0.39 is 22.8 Å². The van der Waals surface area contributed by atoms with Gasteiger partial charge in [0.1, 0.15) is 11.8 Å². The first-order chi connectivity index (χ1) is 38.2. The molecule has 434 valence electrons. The van der Waals surface area contributed by atoms with Crippen LogP contribution in [-0.2, 0) is 41.9 Å². The molecule has 6 rings (SSSR count). The summed E-state index contributed by atoms with van der Waals surface area (Å²) >= 11 is 0. The molecule has 2 heterocycles. The minimum absolute atomic E-state index is 0.00144. The molecule has 5 amide bonds. The summed E-state index contributed by atoms with van der Waals surface area (Å²) in [4.78, 5) is 92.4. The number of amides is 5. The van der Waals surface area contributed by atoms with Crippen LogP contribution in [0.4, 0.5) is 0 Å². The number of nitrogens with one attached hydrogen (secondary N) is 2. The number of Topliss-reactive ketones (excluding diaryl/α,β-unsaturated/α-hetero) is 1. The van der Waals surface area contributed by atoms with E-state index in [9.17, 15) is 28.8 Å². The normalized spacial score (nSPS) is 17.1. The maximum absolute atomic E-state index is 14.5. The van der Waals surface area contributed by atoms with Gasteiger partial charge in [0.2, 0.25) is 29.5 Å². The van der Waals surface area contributed by atoms with Crippen molar-refractivity contribution in [3.63, 3.8) is 0 Å². The predicted molar refractivity (Wildman–Crippen MR) is 323 cm³/mol. The highest BCUT2D eigenvalue weighted by Crippen LogP contribution is 2.35. The van der Waals surface area contributed by atoms with Gasteiger partial charge in [0.15, 0.2) is 0 Å². The number of hydrogen-bond donors (Lipinski definition) is 2. The lowest BCUT2D eigenvalue weighted by atomic mass is 9.76. The summed E-state index contributed by atoms with van der Waals surface area (Å²) in [5.41, 5.74) is 5.52. The second-order valence-corrected chi connectivity index (χ2v) is 25.1. The second-order valence-electron chi connectivity index (χ2n) is 25.1.